The van der Waals surface area contributed by atoms with E-state index in [0.717, 1.165) is 40.9 Å². The van der Waals surface area contributed by atoms with Crippen LogP contribution in [0.15, 0.2) is 42.5 Å². The van der Waals surface area contributed by atoms with E-state index in [0.29, 0.717) is 12.3 Å². The normalized spacial score (nSPS) is 15.9. The number of hydrogen-bond acceptors (Lipinski definition) is 4. The first kappa shape index (κ1) is 21.6. The minimum Gasteiger partial charge on any atom is -0.491 e. The van der Waals surface area contributed by atoms with Crippen LogP contribution < -0.4 is 4.74 Å². The number of aryl methyl sites for hydroxylation is 1. The molecule has 0 spiro atoms. The summed E-state index contributed by atoms with van der Waals surface area (Å²) in [6, 6.07) is 14.2. The Morgan fingerprint density at radius 1 is 1.06 bits per heavy atom. The molecule has 0 bridgehead atoms. The third kappa shape index (κ3) is 4.68. The Bertz CT molecular complexity index is 1060. The van der Waals surface area contributed by atoms with Gasteiger partial charge in [0.2, 0.25) is 0 Å². The van der Waals surface area contributed by atoms with Crippen molar-refractivity contribution >= 4 is 16.7 Å². The van der Waals surface area contributed by atoms with E-state index in [-0.39, 0.29) is 12.4 Å². The van der Waals surface area contributed by atoms with E-state index >= 15 is 0 Å². The van der Waals surface area contributed by atoms with Gasteiger partial charge in [0.1, 0.15) is 18.5 Å². The van der Waals surface area contributed by atoms with Gasteiger partial charge in [0.05, 0.1) is 5.52 Å². The highest BCUT2D eigenvalue weighted by Crippen LogP contribution is 2.32. The molecule has 5 heteroatoms. The van der Waals surface area contributed by atoms with Crippen LogP contribution >= 0.6 is 0 Å². The van der Waals surface area contributed by atoms with Crippen LogP contribution in [0.4, 0.5) is 0 Å². The molecule has 5 nitrogen and oxygen atoms in total. The van der Waals surface area contributed by atoms with Crippen LogP contribution in [0.1, 0.15) is 47.8 Å². The van der Waals surface area contributed by atoms with Crippen molar-refractivity contribution < 1.29 is 14.6 Å². The fourth-order valence-corrected chi connectivity index (χ4v) is 4.64. The predicted octanol–water partition coefficient (Wildman–Crippen LogP) is 4.68. The molecule has 0 aliphatic carbocycles. The minimum atomic E-state index is -0.528. The second kappa shape index (κ2) is 9.25. The molecule has 3 aromatic rings. The van der Waals surface area contributed by atoms with Crippen molar-refractivity contribution in [2.45, 2.75) is 46.1 Å². The number of rotatable bonds is 7. The van der Waals surface area contributed by atoms with Crippen LogP contribution in [0.2, 0.25) is 0 Å². The topological polar surface area (TPSA) is 54.7 Å². The third-order valence-electron chi connectivity index (χ3n) is 6.18. The molecule has 1 atom stereocenters. The summed E-state index contributed by atoms with van der Waals surface area (Å²) in [7, 11) is 0. The number of ketones is 1. The maximum atomic E-state index is 12.5. The molecule has 1 N–H and O–H groups in total. The van der Waals surface area contributed by atoms with E-state index in [9.17, 15) is 9.90 Å². The zero-order valence-electron chi connectivity index (χ0n) is 18.7. The molecule has 1 aromatic heterocycles. The lowest BCUT2D eigenvalue weighted by Gasteiger charge is -2.28. The van der Waals surface area contributed by atoms with Crippen LogP contribution in [0, 0.1) is 13.8 Å². The van der Waals surface area contributed by atoms with E-state index in [1.807, 2.05) is 25.1 Å². The number of aliphatic hydroxyl groups is 1. The fraction of sp³-hybridized carbons (Fsp3) is 0.423. The zero-order valence-corrected chi connectivity index (χ0v) is 18.7. The quantitative estimate of drug-likeness (QED) is 0.564. The summed E-state index contributed by atoms with van der Waals surface area (Å²) in [6.07, 6.45) is 3.16. The largest absolute Gasteiger partial charge is 0.491 e. The number of carbonyl (C=O) groups is 1. The molecular weight excluding hydrogens is 388 g/mol. The molecule has 0 saturated carbocycles. The van der Waals surface area contributed by atoms with E-state index in [2.05, 4.69) is 40.7 Å². The van der Waals surface area contributed by atoms with Crippen molar-refractivity contribution in [2.75, 3.05) is 26.2 Å². The van der Waals surface area contributed by atoms with Crippen LogP contribution in [0.3, 0.4) is 0 Å². The molecule has 0 radical (unpaired) electrons. The number of β-amino-alcohol motifs (C(OH)–C–C–N with tert-alkyl or cyclic N) is 1. The number of aromatic nitrogens is 1. The Kier molecular flexibility index (Phi) is 6.44. The van der Waals surface area contributed by atoms with E-state index in [4.69, 9.17) is 4.74 Å². The van der Waals surface area contributed by atoms with Crippen molar-refractivity contribution in [3.05, 3.63) is 59.3 Å². The highest BCUT2D eigenvalue weighted by atomic mass is 16.5. The molecule has 4 rings (SSSR count). The van der Waals surface area contributed by atoms with Gasteiger partial charge in [-0.1, -0.05) is 24.1 Å². The molecule has 0 amide bonds. The summed E-state index contributed by atoms with van der Waals surface area (Å²) in [5.74, 6) is 0.712. The molecule has 2 heterocycles. The van der Waals surface area contributed by atoms with Gasteiger partial charge < -0.3 is 19.3 Å². The monoisotopic (exact) mass is 420 g/mol. The minimum absolute atomic E-state index is 0.0376. The molecule has 1 aliphatic heterocycles. The molecule has 1 fully saturated rings. The van der Waals surface area contributed by atoms with Gasteiger partial charge in [0.25, 0.3) is 0 Å². The van der Waals surface area contributed by atoms with E-state index in [1.165, 1.54) is 24.8 Å². The van der Waals surface area contributed by atoms with E-state index in [1.54, 1.807) is 6.92 Å². The first-order valence-electron chi connectivity index (χ1n) is 11.2. The van der Waals surface area contributed by atoms with Crippen LogP contribution in [-0.2, 0) is 0 Å². The van der Waals surface area contributed by atoms with Gasteiger partial charge in [0, 0.05) is 28.9 Å². The molecule has 164 valence electrons. The maximum Gasteiger partial charge on any atom is 0.162 e. The number of carbonyl (C=O) groups excluding carboxylic acids is 1. The van der Waals surface area contributed by atoms with Crippen LogP contribution in [0.5, 0.6) is 5.75 Å². The number of fused-ring (bicyclic) bond motifs is 1. The van der Waals surface area contributed by atoms with Gasteiger partial charge in [-0.05, 0) is 77.0 Å². The van der Waals surface area contributed by atoms with Crippen molar-refractivity contribution in [1.82, 2.24) is 9.47 Å². The number of benzene rings is 2. The average molecular weight is 421 g/mol. The number of piperidine rings is 1. The smallest absolute Gasteiger partial charge is 0.162 e. The Labute approximate surface area is 184 Å². The van der Waals surface area contributed by atoms with Gasteiger partial charge in [-0.3, -0.25) is 4.79 Å². The lowest BCUT2D eigenvalue weighted by Crippen LogP contribution is -2.38. The number of ether oxygens (including phenoxy) is 1. The Balaban J connectivity index is 1.58. The molecule has 0 unspecified atom stereocenters. The van der Waals surface area contributed by atoms with Gasteiger partial charge in [-0.2, -0.15) is 0 Å². The summed E-state index contributed by atoms with van der Waals surface area (Å²) in [5, 5.41) is 11.3. The van der Waals surface area contributed by atoms with Gasteiger partial charge in [0.15, 0.2) is 5.78 Å². The van der Waals surface area contributed by atoms with Gasteiger partial charge in [-0.25, -0.2) is 0 Å². The molecule has 1 saturated heterocycles. The first-order chi connectivity index (χ1) is 14.9. The van der Waals surface area contributed by atoms with Crippen molar-refractivity contribution in [2.24, 2.45) is 0 Å². The lowest BCUT2D eigenvalue weighted by atomic mass is 10.1. The number of hydrogen-bond donors (Lipinski definition) is 1. The third-order valence-corrected chi connectivity index (χ3v) is 6.18. The number of aliphatic hydroxyl groups excluding tert-OH is 1. The number of Topliss-reactive ketones (excluding diaryl/α,β-unsaturated/α-hetero) is 1. The highest BCUT2D eigenvalue weighted by Gasteiger charge is 2.20. The lowest BCUT2D eigenvalue weighted by molar-refractivity contribution is 0.0617. The fourth-order valence-electron chi connectivity index (χ4n) is 4.64. The van der Waals surface area contributed by atoms with E-state index < -0.39 is 6.10 Å². The van der Waals surface area contributed by atoms with Crippen LogP contribution in [-0.4, -0.2) is 52.7 Å². The molecular formula is C26H32N2O3. The maximum absolute atomic E-state index is 12.5. The standard InChI is InChI=1S/C26H32N2O3/c1-18-7-9-21(10-8-18)28-19(2)26(20(3)29)24-15-23(11-12-25(24)28)31-17-22(30)16-27-13-5-4-6-14-27/h7-12,15,22,30H,4-6,13-14,16-17H2,1-3H3/t22-/m0/s1. The van der Waals surface area contributed by atoms with Gasteiger partial charge in [-0.15, -0.1) is 0 Å². The SMILES string of the molecule is CC(=O)c1c(C)n(-c2ccc(C)cc2)c2ccc(OC[C@@H](O)CN3CCCCC3)cc12. The Morgan fingerprint density at radius 3 is 2.45 bits per heavy atom. The van der Waals surface area contributed by atoms with Gasteiger partial charge >= 0.3 is 0 Å². The summed E-state index contributed by atoms with van der Waals surface area (Å²) < 4.78 is 8.05. The van der Waals surface area contributed by atoms with Crippen molar-refractivity contribution in [3.8, 4) is 11.4 Å². The number of likely N-dealkylation sites (tertiary alicyclic amines) is 1. The summed E-state index contributed by atoms with van der Waals surface area (Å²) in [5.41, 5.74) is 4.85. The van der Waals surface area contributed by atoms with Crippen LogP contribution in [0.25, 0.3) is 16.6 Å². The van der Waals surface area contributed by atoms with Crippen molar-refractivity contribution in [3.63, 3.8) is 0 Å². The highest BCUT2D eigenvalue weighted by molar-refractivity contribution is 6.09. The Hall–Kier alpha value is -2.63. The summed E-state index contributed by atoms with van der Waals surface area (Å²) in [6.45, 7) is 8.65. The second-order valence-electron chi connectivity index (χ2n) is 8.69. The average Bonchev–Trinajstić information content (AvgIpc) is 3.05. The molecule has 1 aliphatic rings. The Morgan fingerprint density at radius 2 is 1.77 bits per heavy atom. The zero-order chi connectivity index (χ0) is 22.0. The predicted molar refractivity (Wildman–Crippen MR) is 125 cm³/mol. The first-order valence-corrected chi connectivity index (χ1v) is 11.2. The molecule has 2 aromatic carbocycles. The summed E-state index contributed by atoms with van der Waals surface area (Å²) in [4.78, 5) is 14.8. The summed E-state index contributed by atoms with van der Waals surface area (Å²) >= 11 is 0. The second-order valence-corrected chi connectivity index (χ2v) is 8.69. The van der Waals surface area contributed by atoms with Crippen molar-refractivity contribution in [1.29, 1.82) is 0 Å². The number of nitrogens with zero attached hydrogens (tertiary/aromatic N) is 2. The molecule has 31 heavy (non-hydrogen) atoms.